The number of hydrogen-bond donors (Lipinski definition) is 1. The van der Waals surface area contributed by atoms with E-state index in [1.807, 2.05) is 47.4 Å². The van der Waals surface area contributed by atoms with Gasteiger partial charge in [0.05, 0.1) is 31.5 Å². The van der Waals surface area contributed by atoms with Crippen LogP contribution in [0.25, 0.3) is 10.8 Å². The number of carbonyl (C=O) groups excluding carboxylic acids is 1. The van der Waals surface area contributed by atoms with Gasteiger partial charge in [-0.3, -0.25) is 4.79 Å². The zero-order valence-electron chi connectivity index (χ0n) is 16.0. The normalized spacial score (nSPS) is 14.4. The predicted molar refractivity (Wildman–Crippen MR) is 113 cm³/mol. The van der Waals surface area contributed by atoms with Gasteiger partial charge >= 0.3 is 0 Å². The number of morpholine rings is 1. The van der Waals surface area contributed by atoms with Gasteiger partial charge in [-0.1, -0.05) is 48.5 Å². The highest BCUT2D eigenvalue weighted by atomic mass is 19.1. The van der Waals surface area contributed by atoms with E-state index in [1.165, 1.54) is 12.3 Å². The highest BCUT2D eigenvalue weighted by Gasteiger charge is 2.15. The zero-order valence-corrected chi connectivity index (χ0v) is 16.0. The van der Waals surface area contributed by atoms with Crippen LogP contribution in [-0.2, 0) is 16.0 Å². The van der Waals surface area contributed by atoms with E-state index in [1.54, 1.807) is 12.1 Å². The molecule has 0 aliphatic carbocycles. The molecule has 0 unspecified atom stereocenters. The van der Waals surface area contributed by atoms with Crippen molar-refractivity contribution in [1.82, 2.24) is 5.43 Å². The Morgan fingerprint density at radius 2 is 1.90 bits per heavy atom. The van der Waals surface area contributed by atoms with Crippen LogP contribution in [0, 0.1) is 5.82 Å². The summed E-state index contributed by atoms with van der Waals surface area (Å²) in [5.41, 5.74) is 4.61. The minimum atomic E-state index is -0.307. The molecule has 5 nitrogen and oxygen atoms in total. The molecule has 4 rings (SSSR count). The fourth-order valence-electron chi connectivity index (χ4n) is 3.50. The molecule has 0 atom stereocenters. The first kappa shape index (κ1) is 19.1. The molecule has 148 valence electrons. The lowest BCUT2D eigenvalue weighted by Gasteiger charge is -2.29. The van der Waals surface area contributed by atoms with Crippen molar-refractivity contribution in [3.05, 3.63) is 77.6 Å². The lowest BCUT2D eigenvalue weighted by atomic mass is 10.0. The van der Waals surface area contributed by atoms with Gasteiger partial charge in [0.1, 0.15) is 5.82 Å². The molecule has 1 fully saturated rings. The van der Waals surface area contributed by atoms with Gasteiger partial charge in [0.2, 0.25) is 5.91 Å². The van der Waals surface area contributed by atoms with Crippen molar-refractivity contribution in [3.8, 4) is 0 Å². The van der Waals surface area contributed by atoms with Gasteiger partial charge in [-0.25, -0.2) is 9.82 Å². The summed E-state index contributed by atoms with van der Waals surface area (Å²) in [5, 5.41) is 6.12. The summed E-state index contributed by atoms with van der Waals surface area (Å²) in [7, 11) is 0. The number of halogens is 1. The molecule has 1 saturated heterocycles. The topological polar surface area (TPSA) is 53.9 Å². The fraction of sp³-hybridized carbons (Fsp3) is 0.217. The lowest BCUT2D eigenvalue weighted by molar-refractivity contribution is -0.120. The molecule has 1 N–H and O–H groups in total. The molecule has 3 aromatic carbocycles. The van der Waals surface area contributed by atoms with E-state index in [9.17, 15) is 9.18 Å². The first-order valence-electron chi connectivity index (χ1n) is 9.61. The fourth-order valence-corrected chi connectivity index (χ4v) is 3.50. The Balaban J connectivity index is 1.38. The molecule has 1 aliphatic heterocycles. The van der Waals surface area contributed by atoms with Gasteiger partial charge in [-0.05, 0) is 34.0 Å². The van der Waals surface area contributed by atoms with E-state index in [2.05, 4.69) is 10.5 Å². The molecule has 0 spiro atoms. The van der Waals surface area contributed by atoms with E-state index < -0.39 is 0 Å². The molecular formula is C23H22FN3O2. The molecule has 0 radical (unpaired) electrons. The highest BCUT2D eigenvalue weighted by Crippen LogP contribution is 2.21. The highest BCUT2D eigenvalue weighted by molar-refractivity contribution is 5.90. The van der Waals surface area contributed by atoms with E-state index in [0.717, 1.165) is 16.3 Å². The molecule has 3 aromatic rings. The maximum atomic E-state index is 14.4. The monoisotopic (exact) mass is 391 g/mol. The van der Waals surface area contributed by atoms with Crippen LogP contribution in [0.15, 0.2) is 65.8 Å². The standard InChI is InChI=1S/C23H22FN3O2/c24-21-14-17(8-9-22(21)27-10-12-29-13-11-27)16-25-26-23(28)15-19-6-3-5-18-4-1-2-7-20(18)19/h1-9,14,16H,10-13,15H2,(H,26,28)/b25-16-. The third kappa shape index (κ3) is 4.60. The second-order valence-electron chi connectivity index (χ2n) is 6.92. The van der Waals surface area contributed by atoms with Crippen molar-refractivity contribution < 1.29 is 13.9 Å². The average Bonchev–Trinajstić information content (AvgIpc) is 2.75. The molecule has 0 bridgehead atoms. The summed E-state index contributed by atoms with van der Waals surface area (Å²) in [4.78, 5) is 14.2. The Hall–Kier alpha value is -3.25. The predicted octanol–water partition coefficient (Wildman–Crippen LogP) is 3.51. The minimum Gasteiger partial charge on any atom is -0.378 e. The van der Waals surface area contributed by atoms with Crippen LogP contribution < -0.4 is 10.3 Å². The van der Waals surface area contributed by atoms with Gasteiger partial charge in [0.25, 0.3) is 0 Å². The molecule has 1 amide bonds. The summed E-state index contributed by atoms with van der Waals surface area (Å²) < 4.78 is 19.7. The molecule has 29 heavy (non-hydrogen) atoms. The van der Waals surface area contributed by atoms with Crippen LogP contribution in [0.2, 0.25) is 0 Å². The number of benzene rings is 3. The Morgan fingerprint density at radius 3 is 2.72 bits per heavy atom. The molecule has 1 heterocycles. The minimum absolute atomic E-state index is 0.219. The Labute approximate surface area is 168 Å². The number of hydrogen-bond acceptors (Lipinski definition) is 4. The van der Waals surface area contributed by atoms with Gasteiger partial charge < -0.3 is 9.64 Å². The van der Waals surface area contributed by atoms with Crippen molar-refractivity contribution in [2.45, 2.75) is 6.42 Å². The van der Waals surface area contributed by atoms with Crippen molar-refractivity contribution in [2.24, 2.45) is 5.10 Å². The van der Waals surface area contributed by atoms with Crippen molar-refractivity contribution in [3.63, 3.8) is 0 Å². The Bertz CT molecular complexity index is 1040. The molecule has 1 aliphatic rings. The van der Waals surface area contributed by atoms with Crippen LogP contribution in [0.1, 0.15) is 11.1 Å². The quantitative estimate of drug-likeness (QED) is 0.535. The van der Waals surface area contributed by atoms with E-state index >= 15 is 0 Å². The summed E-state index contributed by atoms with van der Waals surface area (Å²) in [6.07, 6.45) is 1.68. The van der Waals surface area contributed by atoms with E-state index in [0.29, 0.717) is 37.6 Å². The van der Waals surface area contributed by atoms with Crippen molar-refractivity contribution in [2.75, 3.05) is 31.2 Å². The van der Waals surface area contributed by atoms with Gasteiger partial charge in [-0.2, -0.15) is 5.10 Å². The smallest absolute Gasteiger partial charge is 0.244 e. The third-order valence-corrected chi connectivity index (χ3v) is 4.96. The molecule has 0 saturated carbocycles. The molecular weight excluding hydrogens is 369 g/mol. The number of fused-ring (bicyclic) bond motifs is 1. The van der Waals surface area contributed by atoms with Gasteiger partial charge in [-0.15, -0.1) is 0 Å². The zero-order chi connectivity index (χ0) is 20.1. The first-order chi connectivity index (χ1) is 14.2. The van der Waals surface area contributed by atoms with Crippen LogP contribution >= 0.6 is 0 Å². The van der Waals surface area contributed by atoms with Gasteiger partial charge in [0.15, 0.2) is 0 Å². The summed E-state index contributed by atoms with van der Waals surface area (Å²) in [6, 6.07) is 18.8. The van der Waals surface area contributed by atoms with Gasteiger partial charge in [0, 0.05) is 13.1 Å². The number of carbonyl (C=O) groups is 1. The first-order valence-corrected chi connectivity index (χ1v) is 9.61. The Morgan fingerprint density at radius 1 is 1.10 bits per heavy atom. The largest absolute Gasteiger partial charge is 0.378 e. The lowest BCUT2D eigenvalue weighted by Crippen LogP contribution is -2.36. The number of amides is 1. The number of hydrazone groups is 1. The van der Waals surface area contributed by atoms with Crippen molar-refractivity contribution >= 4 is 28.6 Å². The number of rotatable bonds is 5. The SMILES string of the molecule is O=C(Cc1cccc2ccccc12)N/N=C\c1ccc(N2CCOCC2)c(F)c1. The molecule has 0 aromatic heterocycles. The van der Waals surface area contributed by atoms with Crippen LogP contribution in [-0.4, -0.2) is 38.4 Å². The van der Waals surface area contributed by atoms with E-state index in [4.69, 9.17) is 4.74 Å². The summed E-state index contributed by atoms with van der Waals surface area (Å²) in [5.74, 6) is -0.527. The second kappa shape index (κ2) is 8.84. The average molecular weight is 391 g/mol. The summed E-state index contributed by atoms with van der Waals surface area (Å²) >= 11 is 0. The Kier molecular flexibility index (Phi) is 5.81. The number of anilines is 1. The second-order valence-corrected chi connectivity index (χ2v) is 6.92. The van der Waals surface area contributed by atoms with Crippen LogP contribution in [0.3, 0.4) is 0 Å². The van der Waals surface area contributed by atoms with E-state index in [-0.39, 0.29) is 18.1 Å². The van der Waals surface area contributed by atoms with Crippen LogP contribution in [0.5, 0.6) is 0 Å². The maximum absolute atomic E-state index is 14.4. The molecule has 6 heteroatoms. The number of nitrogens with one attached hydrogen (secondary N) is 1. The maximum Gasteiger partial charge on any atom is 0.244 e. The van der Waals surface area contributed by atoms with Crippen LogP contribution in [0.4, 0.5) is 10.1 Å². The number of nitrogens with zero attached hydrogens (tertiary/aromatic N) is 2. The third-order valence-electron chi connectivity index (χ3n) is 4.96. The summed E-state index contributed by atoms with van der Waals surface area (Å²) in [6.45, 7) is 2.56. The van der Waals surface area contributed by atoms with Crippen molar-refractivity contribution in [1.29, 1.82) is 0 Å². The number of ether oxygens (including phenoxy) is 1.